The van der Waals surface area contributed by atoms with Gasteiger partial charge in [-0.1, -0.05) is 0 Å². The molecule has 4 nitrogen and oxygen atoms in total. The first kappa shape index (κ1) is 8.97. The molecule has 0 spiro atoms. The van der Waals surface area contributed by atoms with Crippen LogP contribution < -0.4 is 0 Å². The van der Waals surface area contributed by atoms with Gasteiger partial charge in [0.25, 0.3) is 0 Å². The topological polar surface area (TPSA) is 32.8 Å². The average Bonchev–Trinajstić information content (AvgIpc) is 2.20. The van der Waals surface area contributed by atoms with Crippen molar-refractivity contribution in [2.45, 2.75) is 13.0 Å². The van der Waals surface area contributed by atoms with Gasteiger partial charge in [0, 0.05) is 32.7 Å². The maximum atomic E-state index is 11.5. The van der Waals surface area contributed by atoms with Crippen molar-refractivity contribution in [3.8, 4) is 0 Å². The van der Waals surface area contributed by atoms with Crippen LogP contribution in [0.15, 0.2) is 0 Å². The van der Waals surface area contributed by atoms with E-state index >= 15 is 0 Å². The van der Waals surface area contributed by atoms with Crippen LogP contribution in [0.1, 0.15) is 6.92 Å². The number of fused-ring (bicyclic) bond motifs is 3. The number of hydrogen-bond acceptors (Lipinski definition) is 4. The first-order valence-electron chi connectivity index (χ1n) is 4.94. The molecule has 0 aromatic heterocycles. The summed E-state index contributed by atoms with van der Waals surface area (Å²) in [6.45, 7) is 7.45. The van der Waals surface area contributed by atoms with E-state index in [1.54, 1.807) is 0 Å². The summed E-state index contributed by atoms with van der Waals surface area (Å²) in [6, 6.07) is 0.00227. The van der Waals surface area contributed by atoms with Crippen molar-refractivity contribution < 1.29 is 9.53 Å². The van der Waals surface area contributed by atoms with E-state index in [2.05, 4.69) is 9.80 Å². The molecule has 3 saturated heterocycles. The van der Waals surface area contributed by atoms with Crippen LogP contribution in [0.4, 0.5) is 0 Å². The molecule has 13 heavy (non-hydrogen) atoms. The number of piperazine rings is 3. The number of nitrogens with zero attached hydrogens (tertiary/aromatic N) is 2. The third-order valence-corrected chi connectivity index (χ3v) is 2.84. The van der Waals surface area contributed by atoms with Gasteiger partial charge in [-0.2, -0.15) is 0 Å². The number of carbonyl (C=O) groups is 1. The lowest BCUT2D eigenvalue weighted by Gasteiger charge is -2.45. The first-order valence-corrected chi connectivity index (χ1v) is 4.94. The maximum absolute atomic E-state index is 11.5. The minimum absolute atomic E-state index is 0.00227. The normalized spacial score (nSPS) is 37.5. The van der Waals surface area contributed by atoms with E-state index in [1.807, 2.05) is 6.92 Å². The van der Waals surface area contributed by atoms with Gasteiger partial charge < -0.3 is 4.74 Å². The minimum atomic E-state index is -0.0492. The molecule has 0 unspecified atom stereocenters. The van der Waals surface area contributed by atoms with E-state index in [1.165, 1.54) is 0 Å². The summed E-state index contributed by atoms with van der Waals surface area (Å²) in [6.07, 6.45) is 0. The Morgan fingerprint density at radius 3 is 2.54 bits per heavy atom. The van der Waals surface area contributed by atoms with Gasteiger partial charge in [-0.15, -0.1) is 0 Å². The number of carbonyl (C=O) groups excluding carboxylic acids is 1. The monoisotopic (exact) mass is 184 g/mol. The molecule has 0 amide bonds. The molecule has 0 radical (unpaired) electrons. The second kappa shape index (κ2) is 3.64. The standard InChI is InChI=1S/C9H16N2O2/c1-2-13-9(12)8-7-10-3-5-11(8)6-4-10/h8H,2-7H2,1H3/t8-/m1/s1. The number of rotatable bonds is 2. The van der Waals surface area contributed by atoms with Crippen molar-refractivity contribution in [2.24, 2.45) is 0 Å². The SMILES string of the molecule is CCOC(=O)[C@H]1CN2CCN1CC2. The lowest BCUT2D eigenvalue weighted by Crippen LogP contribution is -2.63. The van der Waals surface area contributed by atoms with E-state index in [-0.39, 0.29) is 12.0 Å². The highest BCUT2D eigenvalue weighted by molar-refractivity contribution is 5.76. The smallest absolute Gasteiger partial charge is 0.324 e. The van der Waals surface area contributed by atoms with Crippen molar-refractivity contribution in [2.75, 3.05) is 39.3 Å². The van der Waals surface area contributed by atoms with Gasteiger partial charge in [0.2, 0.25) is 0 Å². The fourth-order valence-electron chi connectivity index (χ4n) is 2.08. The summed E-state index contributed by atoms with van der Waals surface area (Å²) in [5.41, 5.74) is 0. The van der Waals surface area contributed by atoms with Crippen molar-refractivity contribution >= 4 is 5.97 Å². The molecule has 4 heteroatoms. The van der Waals surface area contributed by atoms with Crippen molar-refractivity contribution in [3.63, 3.8) is 0 Å². The lowest BCUT2D eigenvalue weighted by atomic mass is 10.1. The number of ether oxygens (including phenoxy) is 1. The van der Waals surface area contributed by atoms with Gasteiger partial charge in [-0.3, -0.25) is 14.6 Å². The van der Waals surface area contributed by atoms with Gasteiger partial charge in [0.05, 0.1) is 6.61 Å². The third kappa shape index (κ3) is 1.69. The van der Waals surface area contributed by atoms with Crippen molar-refractivity contribution in [1.29, 1.82) is 0 Å². The summed E-state index contributed by atoms with van der Waals surface area (Å²) in [5, 5.41) is 0. The van der Waals surface area contributed by atoms with Gasteiger partial charge in [-0.25, -0.2) is 0 Å². The largest absolute Gasteiger partial charge is 0.465 e. The van der Waals surface area contributed by atoms with E-state index < -0.39 is 0 Å². The summed E-state index contributed by atoms with van der Waals surface area (Å²) in [4.78, 5) is 16.1. The second-order valence-electron chi connectivity index (χ2n) is 3.60. The van der Waals surface area contributed by atoms with Crippen molar-refractivity contribution in [3.05, 3.63) is 0 Å². The molecule has 1 atom stereocenters. The molecule has 3 fully saturated rings. The van der Waals surface area contributed by atoms with Crippen molar-refractivity contribution in [1.82, 2.24) is 9.80 Å². The van der Waals surface area contributed by atoms with Crippen LogP contribution in [0.5, 0.6) is 0 Å². The quantitative estimate of drug-likeness (QED) is 0.544. The second-order valence-corrected chi connectivity index (χ2v) is 3.60. The highest BCUT2D eigenvalue weighted by Gasteiger charge is 2.36. The van der Waals surface area contributed by atoms with Gasteiger partial charge >= 0.3 is 5.97 Å². The predicted molar refractivity (Wildman–Crippen MR) is 48.4 cm³/mol. The zero-order chi connectivity index (χ0) is 9.26. The zero-order valence-electron chi connectivity index (χ0n) is 8.03. The molecule has 0 aliphatic carbocycles. The molecule has 3 rings (SSSR count). The van der Waals surface area contributed by atoms with Crippen LogP contribution >= 0.6 is 0 Å². The summed E-state index contributed by atoms with van der Waals surface area (Å²) in [7, 11) is 0. The van der Waals surface area contributed by atoms with E-state index in [0.29, 0.717) is 6.61 Å². The molecule has 3 aliphatic heterocycles. The third-order valence-electron chi connectivity index (χ3n) is 2.84. The summed E-state index contributed by atoms with van der Waals surface area (Å²) >= 11 is 0. The first-order chi connectivity index (χ1) is 6.31. The number of esters is 1. The Morgan fingerprint density at radius 1 is 1.38 bits per heavy atom. The van der Waals surface area contributed by atoms with Crippen LogP contribution in [0, 0.1) is 0 Å². The van der Waals surface area contributed by atoms with Crippen LogP contribution in [0.25, 0.3) is 0 Å². The predicted octanol–water partition coefficient (Wildman–Crippen LogP) is -0.451. The number of hydrogen-bond donors (Lipinski definition) is 0. The van der Waals surface area contributed by atoms with E-state index in [9.17, 15) is 4.79 Å². The Bertz CT molecular complexity index is 200. The minimum Gasteiger partial charge on any atom is -0.465 e. The molecule has 2 bridgehead atoms. The summed E-state index contributed by atoms with van der Waals surface area (Å²) < 4.78 is 5.03. The summed E-state index contributed by atoms with van der Waals surface area (Å²) in [5.74, 6) is -0.0492. The fraction of sp³-hybridized carbons (Fsp3) is 0.889. The molecule has 0 N–H and O–H groups in total. The molecular weight excluding hydrogens is 168 g/mol. The fourth-order valence-corrected chi connectivity index (χ4v) is 2.08. The molecule has 0 aromatic carbocycles. The van der Waals surface area contributed by atoms with Crippen LogP contribution in [-0.4, -0.2) is 61.1 Å². The van der Waals surface area contributed by atoms with Gasteiger partial charge in [0.1, 0.15) is 6.04 Å². The molecule has 3 aliphatic rings. The Balaban J connectivity index is 1.96. The molecular formula is C9H16N2O2. The highest BCUT2D eigenvalue weighted by Crippen LogP contribution is 2.16. The Kier molecular flexibility index (Phi) is 2.51. The molecule has 3 heterocycles. The van der Waals surface area contributed by atoms with Crippen LogP contribution in [0.3, 0.4) is 0 Å². The van der Waals surface area contributed by atoms with Crippen LogP contribution in [0.2, 0.25) is 0 Å². The Hall–Kier alpha value is -0.610. The van der Waals surface area contributed by atoms with E-state index in [4.69, 9.17) is 4.74 Å². The molecule has 0 aromatic rings. The van der Waals surface area contributed by atoms with E-state index in [0.717, 1.165) is 32.7 Å². The lowest BCUT2D eigenvalue weighted by molar-refractivity contribution is -0.154. The van der Waals surface area contributed by atoms with Gasteiger partial charge in [0.15, 0.2) is 0 Å². The zero-order valence-corrected chi connectivity index (χ0v) is 8.03. The van der Waals surface area contributed by atoms with Gasteiger partial charge in [-0.05, 0) is 6.92 Å². The highest BCUT2D eigenvalue weighted by atomic mass is 16.5. The maximum Gasteiger partial charge on any atom is 0.324 e. The Labute approximate surface area is 78.4 Å². The Morgan fingerprint density at radius 2 is 2.08 bits per heavy atom. The average molecular weight is 184 g/mol. The molecule has 74 valence electrons. The van der Waals surface area contributed by atoms with Crippen LogP contribution in [-0.2, 0) is 9.53 Å². The molecule has 0 saturated carbocycles.